The van der Waals surface area contributed by atoms with E-state index in [-0.39, 0.29) is 40.3 Å². The first-order valence-corrected chi connectivity index (χ1v) is 14.1. The van der Waals surface area contributed by atoms with Crippen LogP contribution in [0.2, 0.25) is 15.1 Å². The van der Waals surface area contributed by atoms with E-state index in [9.17, 15) is 19.2 Å². The van der Waals surface area contributed by atoms with Crippen LogP contribution in [0.1, 0.15) is 33.6 Å². The molecule has 38 heavy (non-hydrogen) atoms. The van der Waals surface area contributed by atoms with Crippen LogP contribution in [0.4, 0.5) is 0 Å². The Morgan fingerprint density at radius 2 is 1.47 bits per heavy atom. The van der Waals surface area contributed by atoms with Crippen molar-refractivity contribution in [2.75, 3.05) is 5.88 Å². The number of hydrogen-bond acceptors (Lipinski definition) is 4. The van der Waals surface area contributed by atoms with E-state index in [1.54, 1.807) is 12.1 Å². The molecule has 5 aliphatic rings. The van der Waals surface area contributed by atoms with Crippen molar-refractivity contribution in [1.82, 2.24) is 10.0 Å². The highest BCUT2D eigenvalue weighted by Gasteiger charge is 2.68. The number of alkyl halides is 1. The smallest absolute Gasteiger partial charge is 0.275 e. The molecule has 1 saturated heterocycles. The predicted molar refractivity (Wildman–Crippen MR) is 144 cm³/mol. The lowest BCUT2D eigenvalue weighted by atomic mass is 9.63. The largest absolute Gasteiger partial charge is 0.292 e. The summed E-state index contributed by atoms with van der Waals surface area (Å²) in [5.74, 6) is -2.61. The number of amides is 3. The maximum Gasteiger partial charge on any atom is 0.275 e. The Morgan fingerprint density at radius 3 is 2.03 bits per heavy atom. The summed E-state index contributed by atoms with van der Waals surface area (Å²) < 4.78 is 0. The average Bonchev–Trinajstić information content (AvgIpc) is 3.68. The van der Waals surface area contributed by atoms with Crippen LogP contribution in [0, 0.1) is 35.5 Å². The van der Waals surface area contributed by atoms with E-state index in [0.717, 1.165) is 16.4 Å². The minimum Gasteiger partial charge on any atom is -0.292 e. The van der Waals surface area contributed by atoms with Gasteiger partial charge in [-0.25, -0.2) is 5.01 Å². The van der Waals surface area contributed by atoms with Crippen molar-refractivity contribution in [1.29, 1.82) is 0 Å². The number of ketones is 1. The number of rotatable bonds is 7. The molecule has 7 rings (SSSR count). The standard InChI is InChI=1S/C28H22Cl4N2O4/c29-10-9-22(25(35)13-1-3-14(30)4-2-13)33(26(36)18-6-5-15(31)11-21(18)32)34-27(37)23-16-7-8-17(20-12-19(16)20)24(23)28(34)38/h1-8,11,16-17,19-20,22-24H,9-10,12H2/t16-,17-,19-,20+,22-,23+,24+/m0/s1. The van der Waals surface area contributed by atoms with Gasteiger partial charge in [0.2, 0.25) is 0 Å². The Bertz CT molecular complexity index is 1360. The minimum absolute atomic E-state index is 0.00214. The van der Waals surface area contributed by atoms with E-state index in [1.807, 2.05) is 12.2 Å². The van der Waals surface area contributed by atoms with E-state index in [4.69, 9.17) is 46.4 Å². The number of nitrogens with zero attached hydrogens (tertiary/aromatic N) is 2. The first-order valence-electron chi connectivity index (χ1n) is 12.4. The molecular formula is C28H22Cl4N2O4. The number of allylic oxidation sites excluding steroid dienone is 2. The van der Waals surface area contributed by atoms with Gasteiger partial charge in [0, 0.05) is 21.5 Å². The van der Waals surface area contributed by atoms with Crippen LogP contribution in [0.15, 0.2) is 54.6 Å². The van der Waals surface area contributed by atoms with Crippen LogP contribution in [0.25, 0.3) is 0 Å². The lowest BCUT2D eigenvalue weighted by Crippen LogP contribution is -2.57. The summed E-state index contributed by atoms with van der Waals surface area (Å²) in [6.45, 7) is 0. The van der Waals surface area contributed by atoms with Crippen LogP contribution in [-0.2, 0) is 9.59 Å². The lowest BCUT2D eigenvalue weighted by Gasteiger charge is -2.37. The topological polar surface area (TPSA) is 74.8 Å². The van der Waals surface area contributed by atoms with E-state index >= 15 is 0 Å². The van der Waals surface area contributed by atoms with Gasteiger partial charge in [-0.2, -0.15) is 5.01 Å². The zero-order valence-electron chi connectivity index (χ0n) is 19.9. The molecule has 3 amide bonds. The van der Waals surface area contributed by atoms with Crippen LogP contribution < -0.4 is 0 Å². The van der Waals surface area contributed by atoms with Crippen molar-refractivity contribution in [3.8, 4) is 0 Å². The van der Waals surface area contributed by atoms with Gasteiger partial charge in [-0.15, -0.1) is 11.6 Å². The summed E-state index contributed by atoms with van der Waals surface area (Å²) in [6, 6.07) is 9.27. The third-order valence-electron chi connectivity index (χ3n) is 8.33. The number of Topliss-reactive ketones (excluding diaryl/α,β-unsaturated/α-hetero) is 1. The zero-order valence-corrected chi connectivity index (χ0v) is 22.9. The molecule has 0 aromatic heterocycles. The van der Waals surface area contributed by atoms with E-state index in [0.29, 0.717) is 21.9 Å². The molecule has 1 heterocycles. The molecule has 10 heteroatoms. The lowest BCUT2D eigenvalue weighted by molar-refractivity contribution is -0.157. The first-order chi connectivity index (χ1) is 18.2. The molecule has 2 bridgehead atoms. The molecule has 2 saturated carbocycles. The average molecular weight is 592 g/mol. The maximum absolute atomic E-state index is 14.1. The van der Waals surface area contributed by atoms with Gasteiger partial charge in [0.15, 0.2) is 5.78 Å². The van der Waals surface area contributed by atoms with Crippen molar-refractivity contribution < 1.29 is 19.2 Å². The predicted octanol–water partition coefficient (Wildman–Crippen LogP) is 5.94. The fourth-order valence-electron chi connectivity index (χ4n) is 6.59. The summed E-state index contributed by atoms with van der Waals surface area (Å²) >= 11 is 24.6. The minimum atomic E-state index is -1.24. The number of carbonyl (C=O) groups excluding carboxylic acids is 4. The van der Waals surface area contributed by atoms with E-state index in [2.05, 4.69) is 0 Å². The van der Waals surface area contributed by atoms with Gasteiger partial charge >= 0.3 is 0 Å². The number of carbonyl (C=O) groups is 4. The second-order valence-electron chi connectivity index (χ2n) is 10.3. The van der Waals surface area contributed by atoms with Gasteiger partial charge in [-0.1, -0.05) is 47.0 Å². The normalized spacial score (nSPS) is 29.2. The molecular weight excluding hydrogens is 570 g/mol. The third kappa shape index (κ3) is 4.00. The molecule has 0 unspecified atom stereocenters. The highest BCUT2D eigenvalue weighted by molar-refractivity contribution is 6.37. The Kier molecular flexibility index (Phi) is 6.58. The van der Waals surface area contributed by atoms with Crippen molar-refractivity contribution in [2.45, 2.75) is 18.9 Å². The quantitative estimate of drug-likeness (QED) is 0.173. The highest BCUT2D eigenvalue weighted by Crippen LogP contribution is 2.65. The molecule has 3 fully saturated rings. The maximum atomic E-state index is 14.1. The monoisotopic (exact) mass is 590 g/mol. The van der Waals surface area contributed by atoms with Gasteiger partial charge in [-0.05, 0) is 79.0 Å². The second-order valence-corrected chi connectivity index (χ2v) is 11.9. The summed E-state index contributed by atoms with van der Waals surface area (Å²) in [6.07, 6.45) is 5.10. The number of imide groups is 1. The molecule has 196 valence electrons. The summed E-state index contributed by atoms with van der Waals surface area (Å²) in [7, 11) is 0. The van der Waals surface area contributed by atoms with E-state index < -0.39 is 41.4 Å². The number of hydrogen-bond donors (Lipinski definition) is 0. The van der Waals surface area contributed by atoms with Gasteiger partial charge in [0.25, 0.3) is 17.7 Å². The Hall–Kier alpha value is -2.38. The van der Waals surface area contributed by atoms with E-state index in [1.165, 1.54) is 30.3 Å². The second kappa shape index (κ2) is 9.67. The summed E-state index contributed by atoms with van der Waals surface area (Å²) in [5, 5.41) is 2.68. The molecule has 7 atom stereocenters. The van der Waals surface area contributed by atoms with Crippen molar-refractivity contribution in [3.05, 3.63) is 80.8 Å². The molecule has 2 aromatic carbocycles. The van der Waals surface area contributed by atoms with Crippen LogP contribution in [0.5, 0.6) is 0 Å². The third-order valence-corrected chi connectivity index (χ3v) is 9.35. The molecule has 2 aromatic rings. The van der Waals surface area contributed by atoms with Gasteiger partial charge < -0.3 is 0 Å². The Balaban J connectivity index is 1.45. The summed E-state index contributed by atoms with van der Waals surface area (Å²) in [4.78, 5) is 56.0. The van der Waals surface area contributed by atoms with Gasteiger partial charge in [0.05, 0.1) is 22.4 Å². The molecule has 4 aliphatic carbocycles. The number of halogens is 4. The Labute approximate surface area is 239 Å². The summed E-state index contributed by atoms with van der Waals surface area (Å²) in [5.41, 5.74) is 0.281. The van der Waals surface area contributed by atoms with Gasteiger partial charge in [0.1, 0.15) is 6.04 Å². The van der Waals surface area contributed by atoms with Crippen LogP contribution in [0.3, 0.4) is 0 Å². The molecule has 0 radical (unpaired) electrons. The van der Waals surface area contributed by atoms with Crippen LogP contribution in [-0.4, -0.2) is 45.4 Å². The van der Waals surface area contributed by atoms with Crippen molar-refractivity contribution in [2.24, 2.45) is 35.5 Å². The SMILES string of the molecule is O=C(c1ccc(Cl)cc1)[C@H](CCCl)N(C(=O)c1ccc(Cl)cc1Cl)N1C(=O)[C@@H]2[C@H]3C=C[C@@H]([C@@H]4C[C@H]34)[C@H]2C1=O. The zero-order chi connectivity index (χ0) is 26.9. The fourth-order valence-corrected chi connectivity index (χ4v) is 7.41. The molecule has 0 N–H and O–H groups in total. The molecule has 0 spiro atoms. The van der Waals surface area contributed by atoms with Gasteiger partial charge in [-0.3, -0.25) is 19.2 Å². The Morgan fingerprint density at radius 1 is 0.895 bits per heavy atom. The molecule has 6 nitrogen and oxygen atoms in total. The van der Waals surface area contributed by atoms with Crippen molar-refractivity contribution >= 4 is 69.9 Å². The number of benzene rings is 2. The van der Waals surface area contributed by atoms with Crippen LogP contribution >= 0.6 is 46.4 Å². The molecule has 1 aliphatic heterocycles. The fraction of sp³-hybridized carbons (Fsp3) is 0.357. The first kappa shape index (κ1) is 25.9. The highest BCUT2D eigenvalue weighted by atomic mass is 35.5. The number of hydrazine groups is 1. The van der Waals surface area contributed by atoms with Crippen molar-refractivity contribution in [3.63, 3.8) is 0 Å².